The largest absolute Gasteiger partial charge is 0.398 e. The minimum Gasteiger partial charge on any atom is -0.398 e. The van der Waals surface area contributed by atoms with Crippen LogP contribution in [0.15, 0.2) is 40.9 Å². The van der Waals surface area contributed by atoms with Gasteiger partial charge in [0.05, 0.1) is 22.0 Å². The summed E-state index contributed by atoms with van der Waals surface area (Å²) < 4.78 is 0.792. The maximum Gasteiger partial charge on any atom is 0.257 e. The second kappa shape index (κ2) is 6.37. The Morgan fingerprint density at radius 3 is 2.67 bits per heavy atom. The zero-order valence-electron chi connectivity index (χ0n) is 11.7. The number of para-hydroxylation sites is 1. The second-order valence-electron chi connectivity index (χ2n) is 4.72. The number of carbonyl (C=O) groups is 1. The zero-order valence-corrected chi connectivity index (χ0v) is 14.0. The van der Waals surface area contributed by atoms with E-state index >= 15 is 0 Å². The van der Waals surface area contributed by atoms with Crippen LogP contribution < -0.4 is 16.0 Å². The van der Waals surface area contributed by atoms with Gasteiger partial charge in [-0.15, -0.1) is 0 Å². The van der Waals surface area contributed by atoms with Gasteiger partial charge in [0, 0.05) is 24.3 Å². The maximum absolute atomic E-state index is 12.4. The first kappa shape index (κ1) is 15.7. The van der Waals surface area contributed by atoms with E-state index < -0.39 is 0 Å². The molecule has 0 saturated carbocycles. The molecule has 1 amide bonds. The molecule has 2 rings (SSSR count). The van der Waals surface area contributed by atoms with E-state index in [2.05, 4.69) is 21.2 Å². The van der Waals surface area contributed by atoms with Crippen LogP contribution in [0, 0.1) is 0 Å². The van der Waals surface area contributed by atoms with Gasteiger partial charge in [0.2, 0.25) is 0 Å². The van der Waals surface area contributed by atoms with E-state index in [1.807, 2.05) is 19.0 Å². The number of hydrogen-bond acceptors (Lipinski definition) is 3. The Balaban J connectivity index is 2.36. The number of hydrogen-bond donors (Lipinski definition) is 2. The Bertz CT molecular complexity index is 689. The molecule has 0 bridgehead atoms. The van der Waals surface area contributed by atoms with Gasteiger partial charge in [-0.25, -0.2) is 0 Å². The third-order valence-electron chi connectivity index (χ3n) is 2.94. The first-order valence-electron chi connectivity index (χ1n) is 6.22. The van der Waals surface area contributed by atoms with Gasteiger partial charge < -0.3 is 16.0 Å². The number of halogens is 2. The number of nitrogens with zero attached hydrogens (tertiary/aromatic N) is 1. The Hall–Kier alpha value is -1.72. The normalized spacial score (nSPS) is 10.3. The minimum absolute atomic E-state index is 0.279. The van der Waals surface area contributed by atoms with Gasteiger partial charge in [0.1, 0.15) is 0 Å². The fourth-order valence-corrected chi connectivity index (χ4v) is 2.69. The van der Waals surface area contributed by atoms with Crippen molar-refractivity contribution in [2.45, 2.75) is 0 Å². The van der Waals surface area contributed by atoms with Gasteiger partial charge in [-0.1, -0.05) is 33.6 Å². The summed E-state index contributed by atoms with van der Waals surface area (Å²) in [5, 5.41) is 3.42. The number of nitrogen functional groups attached to an aromatic ring is 1. The van der Waals surface area contributed by atoms with Crippen molar-refractivity contribution in [3.8, 4) is 0 Å². The molecule has 0 fully saturated rings. The van der Waals surface area contributed by atoms with Crippen molar-refractivity contribution in [2.24, 2.45) is 0 Å². The summed E-state index contributed by atoms with van der Waals surface area (Å²) >= 11 is 9.52. The van der Waals surface area contributed by atoms with Crippen molar-refractivity contribution < 1.29 is 4.79 Å². The van der Waals surface area contributed by atoms with Gasteiger partial charge in [0.25, 0.3) is 5.91 Å². The van der Waals surface area contributed by atoms with E-state index in [0.717, 1.165) is 10.2 Å². The smallest absolute Gasteiger partial charge is 0.257 e. The molecule has 0 aromatic heterocycles. The average molecular weight is 369 g/mol. The van der Waals surface area contributed by atoms with Crippen LogP contribution in [0.2, 0.25) is 5.02 Å². The van der Waals surface area contributed by atoms with E-state index in [1.54, 1.807) is 36.4 Å². The topological polar surface area (TPSA) is 58.4 Å². The predicted octanol–water partition coefficient (Wildman–Crippen LogP) is 4.00. The zero-order chi connectivity index (χ0) is 15.6. The Morgan fingerprint density at radius 2 is 2.00 bits per heavy atom. The van der Waals surface area contributed by atoms with Crippen LogP contribution in [0.25, 0.3) is 0 Å². The Morgan fingerprint density at radius 1 is 1.29 bits per heavy atom. The van der Waals surface area contributed by atoms with Crippen molar-refractivity contribution >= 4 is 50.5 Å². The van der Waals surface area contributed by atoms with E-state index in [-0.39, 0.29) is 5.91 Å². The number of carbonyl (C=O) groups excluding carboxylic acids is 1. The molecule has 0 aliphatic carbocycles. The fourth-order valence-electron chi connectivity index (χ4n) is 1.99. The monoisotopic (exact) mass is 367 g/mol. The number of anilines is 3. The van der Waals surface area contributed by atoms with Gasteiger partial charge in [-0.05, 0) is 30.3 Å². The van der Waals surface area contributed by atoms with Crippen LogP contribution in [0.1, 0.15) is 10.4 Å². The standard InChI is InChI=1S/C15H15BrClN3O/c1-20(2)14-11(17)4-3-5-13(14)19-15(21)10-8-9(16)6-7-12(10)18/h3-8H,18H2,1-2H3,(H,19,21). The molecule has 6 heteroatoms. The summed E-state index contributed by atoms with van der Waals surface area (Å²) in [6.45, 7) is 0. The molecule has 110 valence electrons. The highest BCUT2D eigenvalue weighted by molar-refractivity contribution is 9.10. The number of amides is 1. The number of nitrogens with one attached hydrogen (secondary N) is 1. The van der Waals surface area contributed by atoms with Crippen molar-refractivity contribution in [1.29, 1.82) is 0 Å². The molecule has 4 nitrogen and oxygen atoms in total. The van der Waals surface area contributed by atoms with Gasteiger partial charge in [-0.3, -0.25) is 4.79 Å². The molecule has 2 aromatic carbocycles. The number of rotatable bonds is 3. The second-order valence-corrected chi connectivity index (χ2v) is 6.04. The summed E-state index contributed by atoms with van der Waals surface area (Å²) in [5.41, 5.74) is 8.07. The molecule has 0 unspecified atom stereocenters. The Kier molecular flexibility index (Phi) is 4.75. The van der Waals surface area contributed by atoms with E-state index in [0.29, 0.717) is 22.0 Å². The molecule has 0 radical (unpaired) electrons. The van der Waals surface area contributed by atoms with E-state index in [1.165, 1.54) is 0 Å². The molecule has 0 atom stereocenters. The van der Waals surface area contributed by atoms with Crippen LogP contribution in [0.3, 0.4) is 0 Å². The van der Waals surface area contributed by atoms with E-state index in [4.69, 9.17) is 17.3 Å². The molecule has 0 saturated heterocycles. The quantitative estimate of drug-likeness (QED) is 0.805. The predicted molar refractivity (Wildman–Crippen MR) is 92.3 cm³/mol. The molecule has 0 spiro atoms. The first-order chi connectivity index (χ1) is 9.90. The molecule has 0 aliphatic rings. The lowest BCUT2D eigenvalue weighted by Gasteiger charge is -2.19. The third-order valence-corrected chi connectivity index (χ3v) is 3.74. The highest BCUT2D eigenvalue weighted by Crippen LogP contribution is 2.33. The lowest BCUT2D eigenvalue weighted by molar-refractivity contribution is 0.102. The Labute approximate surface area is 137 Å². The molecule has 0 heterocycles. The maximum atomic E-state index is 12.4. The average Bonchev–Trinajstić information content (AvgIpc) is 2.41. The van der Waals surface area contributed by atoms with Gasteiger partial charge >= 0.3 is 0 Å². The lowest BCUT2D eigenvalue weighted by Crippen LogP contribution is -2.18. The molecule has 21 heavy (non-hydrogen) atoms. The number of nitrogens with two attached hydrogens (primary N) is 1. The van der Waals surface area contributed by atoms with Crippen molar-refractivity contribution in [3.05, 3.63) is 51.5 Å². The molecule has 2 aromatic rings. The van der Waals surface area contributed by atoms with Gasteiger partial charge in [0.15, 0.2) is 0 Å². The van der Waals surface area contributed by atoms with Crippen molar-refractivity contribution in [2.75, 3.05) is 30.0 Å². The summed E-state index contributed by atoms with van der Waals surface area (Å²) in [4.78, 5) is 14.2. The minimum atomic E-state index is -0.279. The number of benzene rings is 2. The summed E-state index contributed by atoms with van der Waals surface area (Å²) in [6, 6.07) is 10.5. The highest BCUT2D eigenvalue weighted by atomic mass is 79.9. The third kappa shape index (κ3) is 3.49. The van der Waals surface area contributed by atoms with Crippen molar-refractivity contribution in [1.82, 2.24) is 0 Å². The highest BCUT2D eigenvalue weighted by Gasteiger charge is 2.15. The molecular weight excluding hydrogens is 354 g/mol. The molecule has 3 N–H and O–H groups in total. The van der Waals surface area contributed by atoms with Crippen LogP contribution in [0.4, 0.5) is 17.1 Å². The van der Waals surface area contributed by atoms with Crippen LogP contribution in [-0.4, -0.2) is 20.0 Å². The van der Waals surface area contributed by atoms with Crippen LogP contribution in [-0.2, 0) is 0 Å². The van der Waals surface area contributed by atoms with E-state index in [9.17, 15) is 4.79 Å². The van der Waals surface area contributed by atoms with Crippen LogP contribution >= 0.6 is 27.5 Å². The van der Waals surface area contributed by atoms with Gasteiger partial charge in [-0.2, -0.15) is 0 Å². The SMILES string of the molecule is CN(C)c1c(Cl)cccc1NC(=O)c1cc(Br)ccc1N. The lowest BCUT2D eigenvalue weighted by atomic mass is 10.1. The first-order valence-corrected chi connectivity index (χ1v) is 7.39. The van der Waals surface area contributed by atoms with Crippen LogP contribution in [0.5, 0.6) is 0 Å². The molecular formula is C15H15BrClN3O. The molecule has 0 aliphatic heterocycles. The fraction of sp³-hybridized carbons (Fsp3) is 0.133. The summed E-state index contributed by atoms with van der Waals surface area (Å²) in [7, 11) is 3.73. The summed E-state index contributed by atoms with van der Waals surface area (Å²) in [5.74, 6) is -0.279. The van der Waals surface area contributed by atoms with Crippen molar-refractivity contribution in [3.63, 3.8) is 0 Å². The summed E-state index contributed by atoms with van der Waals surface area (Å²) in [6.07, 6.45) is 0.